The Labute approximate surface area is 145 Å². The van der Waals surface area contributed by atoms with E-state index in [0.29, 0.717) is 0 Å². The Bertz CT molecular complexity index is 724. The SMILES string of the molecule is O=P(O)(O)O.Oc1cccc(O)c1.c1ccc(-c2ccccc2)cc1. The molecule has 3 rings (SSSR count). The number of aromatic hydroxyl groups is 2. The summed E-state index contributed by atoms with van der Waals surface area (Å²) in [5.41, 5.74) is 2.55. The van der Waals surface area contributed by atoms with E-state index in [1.807, 2.05) is 12.1 Å². The summed E-state index contributed by atoms with van der Waals surface area (Å²) in [6, 6.07) is 26.6. The second-order valence-corrected chi connectivity index (χ2v) is 5.79. The van der Waals surface area contributed by atoms with E-state index < -0.39 is 7.82 Å². The summed E-state index contributed by atoms with van der Waals surface area (Å²) < 4.78 is 8.88. The van der Waals surface area contributed by atoms with Crippen molar-refractivity contribution in [3.05, 3.63) is 84.9 Å². The van der Waals surface area contributed by atoms with Crippen LogP contribution in [0.1, 0.15) is 0 Å². The van der Waals surface area contributed by atoms with Crippen molar-refractivity contribution < 1.29 is 29.5 Å². The molecule has 0 aliphatic carbocycles. The van der Waals surface area contributed by atoms with Gasteiger partial charge in [-0.3, -0.25) is 0 Å². The van der Waals surface area contributed by atoms with Crippen LogP contribution in [-0.4, -0.2) is 24.9 Å². The zero-order valence-electron chi connectivity index (χ0n) is 13.2. The van der Waals surface area contributed by atoms with Crippen molar-refractivity contribution in [2.24, 2.45) is 0 Å². The van der Waals surface area contributed by atoms with Crippen molar-refractivity contribution in [2.75, 3.05) is 0 Å². The zero-order chi connectivity index (χ0) is 18.7. The molecule has 0 aromatic heterocycles. The van der Waals surface area contributed by atoms with E-state index in [0.717, 1.165) is 0 Å². The number of rotatable bonds is 1. The van der Waals surface area contributed by atoms with Gasteiger partial charge in [-0.05, 0) is 23.3 Å². The molecule has 6 nitrogen and oxygen atoms in total. The van der Waals surface area contributed by atoms with Gasteiger partial charge in [-0.25, -0.2) is 4.57 Å². The number of phenols is 2. The molecule has 0 aliphatic rings. The van der Waals surface area contributed by atoms with E-state index in [1.165, 1.54) is 29.3 Å². The van der Waals surface area contributed by atoms with Gasteiger partial charge in [0.15, 0.2) is 0 Å². The fraction of sp³-hybridized carbons (Fsp3) is 0. The van der Waals surface area contributed by atoms with Gasteiger partial charge < -0.3 is 24.9 Å². The molecule has 0 saturated carbocycles. The molecule has 0 radical (unpaired) electrons. The van der Waals surface area contributed by atoms with Crippen molar-refractivity contribution in [3.63, 3.8) is 0 Å². The first-order valence-corrected chi connectivity index (χ1v) is 8.69. The maximum absolute atomic E-state index is 8.88. The van der Waals surface area contributed by atoms with Crippen LogP contribution >= 0.6 is 7.82 Å². The zero-order valence-corrected chi connectivity index (χ0v) is 14.1. The molecule has 7 heteroatoms. The van der Waals surface area contributed by atoms with Gasteiger partial charge >= 0.3 is 7.82 Å². The highest BCUT2D eigenvalue weighted by atomic mass is 31.2. The first-order valence-electron chi connectivity index (χ1n) is 7.12. The van der Waals surface area contributed by atoms with Crippen molar-refractivity contribution in [2.45, 2.75) is 0 Å². The van der Waals surface area contributed by atoms with Crippen LogP contribution in [0, 0.1) is 0 Å². The molecule has 0 spiro atoms. The van der Waals surface area contributed by atoms with Crippen LogP contribution in [0.25, 0.3) is 11.1 Å². The number of hydrogen-bond acceptors (Lipinski definition) is 3. The maximum Gasteiger partial charge on any atom is 0.466 e. The summed E-state index contributed by atoms with van der Waals surface area (Å²) in [7, 11) is -4.64. The molecule has 0 fully saturated rings. The van der Waals surface area contributed by atoms with Gasteiger partial charge in [-0.2, -0.15) is 0 Å². The smallest absolute Gasteiger partial charge is 0.466 e. The monoisotopic (exact) mass is 362 g/mol. The predicted molar refractivity (Wildman–Crippen MR) is 95.9 cm³/mol. The van der Waals surface area contributed by atoms with Gasteiger partial charge in [-0.15, -0.1) is 0 Å². The van der Waals surface area contributed by atoms with E-state index in [1.54, 1.807) is 6.07 Å². The van der Waals surface area contributed by atoms with Crippen molar-refractivity contribution in [3.8, 4) is 22.6 Å². The summed E-state index contributed by atoms with van der Waals surface area (Å²) in [6.07, 6.45) is 0. The Balaban J connectivity index is 0.000000209. The Morgan fingerprint density at radius 2 is 0.880 bits per heavy atom. The third-order valence-electron chi connectivity index (χ3n) is 2.71. The van der Waals surface area contributed by atoms with E-state index in [2.05, 4.69) is 48.5 Å². The van der Waals surface area contributed by atoms with Gasteiger partial charge in [0.25, 0.3) is 0 Å². The van der Waals surface area contributed by atoms with Crippen LogP contribution in [0.4, 0.5) is 0 Å². The van der Waals surface area contributed by atoms with Gasteiger partial charge in [0.1, 0.15) is 11.5 Å². The summed E-state index contributed by atoms with van der Waals surface area (Å²) in [5, 5.41) is 17.3. The minimum absolute atomic E-state index is 0.0880. The van der Waals surface area contributed by atoms with Crippen LogP contribution in [0.2, 0.25) is 0 Å². The van der Waals surface area contributed by atoms with Crippen LogP contribution in [0.3, 0.4) is 0 Å². The highest BCUT2D eigenvalue weighted by molar-refractivity contribution is 7.45. The second kappa shape index (κ2) is 10.3. The van der Waals surface area contributed by atoms with E-state index in [9.17, 15) is 0 Å². The fourth-order valence-electron chi connectivity index (χ4n) is 1.75. The van der Waals surface area contributed by atoms with E-state index >= 15 is 0 Å². The summed E-state index contributed by atoms with van der Waals surface area (Å²) in [5.74, 6) is 0.176. The molecule has 0 aliphatic heterocycles. The summed E-state index contributed by atoms with van der Waals surface area (Å²) >= 11 is 0. The normalized spacial score (nSPS) is 9.88. The number of benzene rings is 3. The topological polar surface area (TPSA) is 118 Å². The van der Waals surface area contributed by atoms with Crippen LogP contribution in [-0.2, 0) is 4.57 Å². The fourth-order valence-corrected chi connectivity index (χ4v) is 1.75. The molecule has 3 aromatic rings. The van der Waals surface area contributed by atoms with Gasteiger partial charge in [0, 0.05) is 6.07 Å². The average molecular weight is 362 g/mol. The molecule has 3 aromatic carbocycles. The molecular formula is C18H19O6P. The highest BCUT2D eigenvalue weighted by Gasteiger charge is 2.00. The van der Waals surface area contributed by atoms with Crippen LogP contribution < -0.4 is 0 Å². The lowest BCUT2D eigenvalue weighted by atomic mass is 10.1. The molecular weight excluding hydrogens is 343 g/mol. The number of phenolic OH excluding ortho intramolecular Hbond substituents is 2. The van der Waals surface area contributed by atoms with Gasteiger partial charge in [0.05, 0.1) is 0 Å². The van der Waals surface area contributed by atoms with E-state index in [4.69, 9.17) is 29.5 Å². The molecule has 0 unspecified atom stereocenters. The highest BCUT2D eigenvalue weighted by Crippen LogP contribution is 2.25. The number of phosphoric acid groups is 1. The van der Waals surface area contributed by atoms with Gasteiger partial charge in [0.2, 0.25) is 0 Å². The quantitative estimate of drug-likeness (QED) is 0.423. The summed E-state index contributed by atoms with van der Waals surface area (Å²) in [4.78, 5) is 21.6. The first-order chi connectivity index (χ1) is 11.8. The van der Waals surface area contributed by atoms with E-state index in [-0.39, 0.29) is 11.5 Å². The van der Waals surface area contributed by atoms with Gasteiger partial charge in [-0.1, -0.05) is 66.7 Å². The lowest BCUT2D eigenvalue weighted by molar-refractivity contribution is 0.275. The molecule has 5 N–H and O–H groups in total. The minimum atomic E-state index is -4.64. The van der Waals surface area contributed by atoms with Crippen molar-refractivity contribution >= 4 is 7.82 Å². The second-order valence-electron chi connectivity index (χ2n) is 4.77. The average Bonchev–Trinajstić information content (AvgIpc) is 2.55. The lowest BCUT2D eigenvalue weighted by Crippen LogP contribution is -1.73. The molecule has 0 amide bonds. The molecule has 0 atom stereocenters. The number of hydrogen-bond donors (Lipinski definition) is 5. The van der Waals surface area contributed by atoms with Crippen LogP contribution in [0.5, 0.6) is 11.5 Å². The third-order valence-corrected chi connectivity index (χ3v) is 2.71. The minimum Gasteiger partial charge on any atom is -0.508 e. The molecule has 25 heavy (non-hydrogen) atoms. The van der Waals surface area contributed by atoms with Crippen molar-refractivity contribution in [1.82, 2.24) is 0 Å². The van der Waals surface area contributed by atoms with Crippen LogP contribution in [0.15, 0.2) is 84.9 Å². The standard InChI is InChI=1S/C12H10.C6H6O2.H3O4P/c1-3-7-11(8-4-1)12-9-5-2-6-10-12;7-5-2-1-3-6(8)4-5;1-5(2,3)4/h1-10H;1-4,7-8H;(H3,1,2,3,4). The predicted octanol–water partition coefficient (Wildman–Crippen LogP) is 3.52. The molecule has 0 bridgehead atoms. The molecule has 0 saturated heterocycles. The largest absolute Gasteiger partial charge is 0.508 e. The first kappa shape index (κ1) is 20.4. The Hall–Kier alpha value is -2.63. The molecule has 132 valence electrons. The lowest BCUT2D eigenvalue weighted by Gasteiger charge is -1.98. The Kier molecular flexibility index (Phi) is 8.39. The Morgan fingerprint density at radius 1 is 0.560 bits per heavy atom. The third kappa shape index (κ3) is 10.7. The molecule has 0 heterocycles. The van der Waals surface area contributed by atoms with Crippen molar-refractivity contribution in [1.29, 1.82) is 0 Å². The maximum atomic E-state index is 8.88. The Morgan fingerprint density at radius 3 is 1.12 bits per heavy atom. The summed E-state index contributed by atoms with van der Waals surface area (Å²) in [6.45, 7) is 0.